The second-order valence-corrected chi connectivity index (χ2v) is 5.99. The zero-order chi connectivity index (χ0) is 15.4. The van der Waals surface area contributed by atoms with Crippen molar-refractivity contribution in [1.29, 1.82) is 0 Å². The largest absolute Gasteiger partial charge is 0.351 e. The van der Waals surface area contributed by atoms with Crippen molar-refractivity contribution in [1.82, 2.24) is 19.6 Å². The molecule has 5 nitrogen and oxygen atoms in total. The van der Waals surface area contributed by atoms with Crippen LogP contribution < -0.4 is 5.32 Å². The molecule has 6 heteroatoms. The highest BCUT2D eigenvalue weighted by Crippen LogP contribution is 2.12. The lowest BCUT2D eigenvalue weighted by Gasteiger charge is -2.14. The molecule has 2 aromatic rings. The number of rotatable bonds is 6. The molecule has 2 aromatic heterocycles. The van der Waals surface area contributed by atoms with E-state index in [1.807, 2.05) is 35.7 Å². The number of unbranched alkanes of at least 4 members (excludes halogenated alkanes) is 1. The van der Waals surface area contributed by atoms with Gasteiger partial charge in [-0.25, -0.2) is 4.98 Å². The van der Waals surface area contributed by atoms with Gasteiger partial charge in [-0.1, -0.05) is 6.07 Å². The maximum Gasteiger partial charge on any atom is 0.270 e. The number of aromatic nitrogens is 2. The molecule has 126 valence electrons. The summed E-state index contributed by atoms with van der Waals surface area (Å²) in [6.45, 7) is 6.26. The van der Waals surface area contributed by atoms with Crippen LogP contribution >= 0.6 is 12.4 Å². The topological polar surface area (TPSA) is 49.6 Å². The van der Waals surface area contributed by atoms with Crippen LogP contribution in [-0.4, -0.2) is 46.4 Å². The van der Waals surface area contributed by atoms with Crippen molar-refractivity contribution in [3.63, 3.8) is 0 Å². The van der Waals surface area contributed by atoms with Crippen molar-refractivity contribution in [2.45, 2.75) is 32.6 Å². The molecular formula is C17H25ClN4O. The van der Waals surface area contributed by atoms with Crippen LogP contribution in [0.1, 0.15) is 41.9 Å². The third-order valence-electron chi connectivity index (χ3n) is 4.30. The SMILES string of the molecule is Cc1nc2ccccn2c1C(=O)NCCCCN1CCCC1.Cl. The molecule has 1 saturated heterocycles. The van der Waals surface area contributed by atoms with Crippen molar-refractivity contribution < 1.29 is 4.79 Å². The van der Waals surface area contributed by atoms with Crippen LogP contribution in [0.3, 0.4) is 0 Å². The molecule has 0 spiro atoms. The van der Waals surface area contributed by atoms with Gasteiger partial charge in [0.15, 0.2) is 0 Å². The number of hydrogen-bond donors (Lipinski definition) is 1. The summed E-state index contributed by atoms with van der Waals surface area (Å²) in [7, 11) is 0. The van der Waals surface area contributed by atoms with Gasteiger partial charge in [0.1, 0.15) is 11.3 Å². The quantitative estimate of drug-likeness (QED) is 0.825. The number of aryl methyl sites for hydroxylation is 1. The van der Waals surface area contributed by atoms with Crippen molar-refractivity contribution in [2.75, 3.05) is 26.2 Å². The Morgan fingerprint density at radius 2 is 2.04 bits per heavy atom. The molecule has 0 aliphatic carbocycles. The van der Waals surface area contributed by atoms with Gasteiger partial charge < -0.3 is 10.2 Å². The van der Waals surface area contributed by atoms with Crippen LogP contribution in [-0.2, 0) is 0 Å². The Morgan fingerprint density at radius 3 is 2.83 bits per heavy atom. The van der Waals surface area contributed by atoms with Crippen LogP contribution in [0.15, 0.2) is 24.4 Å². The number of pyridine rings is 1. The Hall–Kier alpha value is -1.59. The maximum absolute atomic E-state index is 12.4. The third-order valence-corrected chi connectivity index (χ3v) is 4.30. The van der Waals surface area contributed by atoms with Gasteiger partial charge in [0.25, 0.3) is 5.91 Å². The zero-order valence-electron chi connectivity index (χ0n) is 13.6. The number of halogens is 1. The van der Waals surface area contributed by atoms with E-state index in [0.29, 0.717) is 5.69 Å². The molecule has 0 atom stereocenters. The highest BCUT2D eigenvalue weighted by Gasteiger charge is 2.15. The van der Waals surface area contributed by atoms with E-state index in [1.54, 1.807) is 0 Å². The van der Waals surface area contributed by atoms with Gasteiger partial charge in [-0.05, 0) is 64.4 Å². The predicted molar refractivity (Wildman–Crippen MR) is 94.4 cm³/mol. The summed E-state index contributed by atoms with van der Waals surface area (Å²) in [5.41, 5.74) is 2.25. The molecule has 1 amide bonds. The monoisotopic (exact) mass is 336 g/mol. The highest BCUT2D eigenvalue weighted by atomic mass is 35.5. The first-order valence-electron chi connectivity index (χ1n) is 8.20. The number of fused-ring (bicyclic) bond motifs is 1. The van der Waals surface area contributed by atoms with E-state index in [4.69, 9.17) is 0 Å². The van der Waals surface area contributed by atoms with Crippen molar-refractivity contribution in [2.24, 2.45) is 0 Å². The summed E-state index contributed by atoms with van der Waals surface area (Å²) in [6.07, 6.45) is 6.73. The van der Waals surface area contributed by atoms with E-state index in [9.17, 15) is 4.79 Å². The molecule has 0 bridgehead atoms. The predicted octanol–water partition coefficient (Wildman–Crippen LogP) is 2.67. The molecule has 0 aromatic carbocycles. The van der Waals surface area contributed by atoms with Crippen LogP contribution in [0.4, 0.5) is 0 Å². The number of hydrogen-bond acceptors (Lipinski definition) is 3. The van der Waals surface area contributed by atoms with E-state index in [1.165, 1.54) is 25.9 Å². The van der Waals surface area contributed by atoms with E-state index >= 15 is 0 Å². The van der Waals surface area contributed by atoms with E-state index in [2.05, 4.69) is 15.2 Å². The molecule has 0 unspecified atom stereocenters. The second-order valence-electron chi connectivity index (χ2n) is 5.99. The number of carbonyl (C=O) groups excluding carboxylic acids is 1. The van der Waals surface area contributed by atoms with Crippen LogP contribution in [0.25, 0.3) is 5.65 Å². The minimum atomic E-state index is -0.0302. The average Bonchev–Trinajstić information content (AvgIpc) is 3.13. The lowest BCUT2D eigenvalue weighted by Crippen LogP contribution is -2.27. The summed E-state index contributed by atoms with van der Waals surface area (Å²) in [5, 5.41) is 3.03. The Labute approximate surface area is 143 Å². The minimum absolute atomic E-state index is 0. The lowest BCUT2D eigenvalue weighted by atomic mass is 10.2. The summed E-state index contributed by atoms with van der Waals surface area (Å²) in [4.78, 5) is 19.3. The number of likely N-dealkylation sites (tertiary alicyclic amines) is 1. The van der Waals surface area contributed by atoms with Gasteiger partial charge in [-0.2, -0.15) is 0 Å². The molecule has 3 heterocycles. The number of nitrogens with one attached hydrogen (secondary N) is 1. The fourth-order valence-electron chi connectivity index (χ4n) is 3.14. The molecule has 0 radical (unpaired) electrons. The van der Waals surface area contributed by atoms with Crippen LogP contribution in [0.5, 0.6) is 0 Å². The first-order valence-corrected chi connectivity index (χ1v) is 8.20. The van der Waals surface area contributed by atoms with E-state index in [-0.39, 0.29) is 18.3 Å². The Balaban J connectivity index is 0.00000192. The Kier molecular flexibility index (Phi) is 6.42. The average molecular weight is 337 g/mol. The number of nitrogens with zero attached hydrogens (tertiary/aromatic N) is 3. The van der Waals surface area contributed by atoms with Gasteiger partial charge >= 0.3 is 0 Å². The Bertz CT molecular complexity index is 649. The third kappa shape index (κ3) is 4.24. The second kappa shape index (κ2) is 8.31. The van der Waals surface area contributed by atoms with Gasteiger partial charge in [-0.3, -0.25) is 9.20 Å². The van der Waals surface area contributed by atoms with Crippen LogP contribution in [0, 0.1) is 6.92 Å². The molecule has 1 N–H and O–H groups in total. The molecule has 1 aliphatic heterocycles. The smallest absolute Gasteiger partial charge is 0.270 e. The lowest BCUT2D eigenvalue weighted by molar-refractivity contribution is 0.0946. The zero-order valence-corrected chi connectivity index (χ0v) is 14.4. The number of carbonyl (C=O) groups is 1. The van der Waals surface area contributed by atoms with Crippen LogP contribution in [0.2, 0.25) is 0 Å². The summed E-state index contributed by atoms with van der Waals surface area (Å²) < 4.78 is 1.86. The van der Waals surface area contributed by atoms with Gasteiger partial charge in [0.05, 0.1) is 5.69 Å². The Morgan fingerprint density at radius 1 is 1.26 bits per heavy atom. The molecule has 1 aliphatic rings. The number of imidazole rings is 1. The highest BCUT2D eigenvalue weighted by molar-refractivity contribution is 5.94. The maximum atomic E-state index is 12.4. The first kappa shape index (κ1) is 17.8. The minimum Gasteiger partial charge on any atom is -0.351 e. The normalized spacial score (nSPS) is 14.8. The van der Waals surface area contributed by atoms with Gasteiger partial charge in [0.2, 0.25) is 0 Å². The first-order chi connectivity index (χ1) is 10.8. The van der Waals surface area contributed by atoms with Gasteiger partial charge in [0, 0.05) is 12.7 Å². The number of amides is 1. The van der Waals surface area contributed by atoms with Crippen molar-refractivity contribution >= 4 is 24.0 Å². The molecule has 3 rings (SSSR count). The fraction of sp³-hybridized carbons (Fsp3) is 0.529. The molecule has 1 fully saturated rings. The van der Waals surface area contributed by atoms with Crippen molar-refractivity contribution in [3.8, 4) is 0 Å². The molecule has 0 saturated carbocycles. The molecular weight excluding hydrogens is 312 g/mol. The van der Waals surface area contributed by atoms with E-state index < -0.39 is 0 Å². The summed E-state index contributed by atoms with van der Waals surface area (Å²) in [6, 6.07) is 5.77. The summed E-state index contributed by atoms with van der Waals surface area (Å²) >= 11 is 0. The standard InChI is InChI=1S/C17H24N4O.ClH/c1-14-16(21-13-4-2-8-15(21)19-14)17(22)18-9-3-5-10-20-11-6-7-12-20;/h2,4,8,13H,3,5-7,9-12H2,1H3,(H,18,22);1H. The fourth-order valence-corrected chi connectivity index (χ4v) is 3.14. The van der Waals surface area contributed by atoms with Gasteiger partial charge in [-0.15, -0.1) is 12.4 Å². The van der Waals surface area contributed by atoms with Crippen molar-refractivity contribution in [3.05, 3.63) is 35.8 Å². The molecule has 23 heavy (non-hydrogen) atoms. The van der Waals surface area contributed by atoms with E-state index in [0.717, 1.165) is 37.3 Å². The summed E-state index contributed by atoms with van der Waals surface area (Å²) in [5.74, 6) is -0.0302.